The molecule has 0 aliphatic carbocycles. The van der Waals surface area contributed by atoms with Gasteiger partial charge in [0.05, 0.1) is 28.3 Å². The van der Waals surface area contributed by atoms with Gasteiger partial charge in [0.2, 0.25) is 12.2 Å². The van der Waals surface area contributed by atoms with Crippen molar-refractivity contribution in [1.82, 2.24) is 5.32 Å². The Bertz CT molecular complexity index is 1310. The number of carboxylic acid groups (broad SMARTS) is 1. The zero-order chi connectivity index (χ0) is 26.9. The molecule has 2 N–H and O–H groups in total. The molecule has 3 rings (SSSR count). The van der Waals surface area contributed by atoms with E-state index in [1.807, 2.05) is 0 Å². The number of carboxylic acids is 1. The molecule has 0 aliphatic rings. The van der Waals surface area contributed by atoms with Gasteiger partial charge in [-0.15, -0.1) is 0 Å². The van der Waals surface area contributed by atoms with E-state index in [4.69, 9.17) is 37.4 Å². The largest absolute Gasteiger partial charge is 0.496 e. The van der Waals surface area contributed by atoms with Crippen LogP contribution in [-0.2, 0) is 25.6 Å². The molecule has 192 valence electrons. The van der Waals surface area contributed by atoms with Crippen LogP contribution in [0.15, 0.2) is 72.8 Å². The topological polar surface area (TPSA) is 128 Å². The molecule has 0 heterocycles. The number of benzene rings is 3. The zero-order valence-corrected chi connectivity index (χ0v) is 20.9. The maximum absolute atomic E-state index is 13.2. The van der Waals surface area contributed by atoms with Crippen molar-refractivity contribution in [1.29, 1.82) is 0 Å². The molecular weight excluding hydrogens is 525 g/mol. The van der Waals surface area contributed by atoms with Gasteiger partial charge in [-0.05, 0) is 30.3 Å². The van der Waals surface area contributed by atoms with Gasteiger partial charge >= 0.3 is 17.9 Å². The molecule has 11 heteroatoms. The highest BCUT2D eigenvalue weighted by Gasteiger charge is 2.41. The fourth-order valence-corrected chi connectivity index (χ4v) is 3.66. The molecule has 0 unspecified atom stereocenters. The highest BCUT2D eigenvalue weighted by molar-refractivity contribution is 6.34. The molecule has 0 radical (unpaired) electrons. The van der Waals surface area contributed by atoms with Crippen LogP contribution in [0.25, 0.3) is 0 Å². The van der Waals surface area contributed by atoms with Gasteiger partial charge in [0.1, 0.15) is 5.75 Å². The van der Waals surface area contributed by atoms with Crippen molar-refractivity contribution >= 4 is 47.0 Å². The Hall–Kier alpha value is -4.08. The number of halogens is 2. The van der Waals surface area contributed by atoms with Crippen molar-refractivity contribution in [3.05, 3.63) is 99.5 Å². The van der Waals surface area contributed by atoms with Crippen molar-refractivity contribution < 1.29 is 38.5 Å². The summed E-state index contributed by atoms with van der Waals surface area (Å²) in [4.78, 5) is 50.8. The van der Waals surface area contributed by atoms with E-state index in [1.54, 1.807) is 36.4 Å². The van der Waals surface area contributed by atoms with Gasteiger partial charge in [-0.2, -0.15) is 0 Å². The lowest BCUT2D eigenvalue weighted by Crippen LogP contribution is -2.50. The van der Waals surface area contributed by atoms with Crippen molar-refractivity contribution in [2.24, 2.45) is 0 Å². The number of methoxy groups -OCH3 is 1. The molecule has 0 bridgehead atoms. The molecule has 3 aromatic rings. The molecule has 9 nitrogen and oxygen atoms in total. The van der Waals surface area contributed by atoms with Crippen LogP contribution < -0.4 is 10.1 Å². The highest BCUT2D eigenvalue weighted by Crippen LogP contribution is 2.21. The number of esters is 2. The third-order valence-electron chi connectivity index (χ3n) is 5.08. The molecule has 0 aromatic heterocycles. The predicted octanol–water partition coefficient (Wildman–Crippen LogP) is 4.15. The monoisotopic (exact) mass is 545 g/mol. The van der Waals surface area contributed by atoms with Crippen LogP contribution in [-0.4, -0.2) is 48.2 Å². The Morgan fingerprint density at radius 1 is 0.784 bits per heavy atom. The normalized spacial score (nSPS) is 12.1. The number of hydrogen-bond acceptors (Lipinski definition) is 7. The van der Waals surface area contributed by atoms with E-state index in [0.717, 1.165) is 0 Å². The molecule has 0 saturated heterocycles. The Kier molecular flexibility index (Phi) is 9.48. The van der Waals surface area contributed by atoms with Crippen molar-refractivity contribution in [3.63, 3.8) is 0 Å². The van der Waals surface area contributed by atoms with Crippen LogP contribution in [0, 0.1) is 0 Å². The van der Waals surface area contributed by atoms with Crippen LogP contribution in [0.5, 0.6) is 5.75 Å². The van der Waals surface area contributed by atoms with E-state index >= 15 is 0 Å². The summed E-state index contributed by atoms with van der Waals surface area (Å²) in [5.74, 6) is -4.53. The van der Waals surface area contributed by atoms with Crippen molar-refractivity contribution in [2.45, 2.75) is 18.8 Å². The van der Waals surface area contributed by atoms with E-state index in [9.17, 15) is 24.3 Å². The smallest absolute Gasteiger partial charge is 0.349 e. The maximum Gasteiger partial charge on any atom is 0.349 e. The standard InChI is InChI=1S/C26H21Cl2NO8/c1-35-20-13-7-2-8-15(20)14-29-23(30)21(36-25(33)16-9-3-5-11-18(16)27)22(24(31)32)37-26(34)17-10-4-6-12-19(17)28/h2-13,21-22H,14H2,1H3,(H,29,30)(H,31,32)/t21-,22-/m0/s1. The summed E-state index contributed by atoms with van der Waals surface area (Å²) in [6.07, 6.45) is -4.30. The lowest BCUT2D eigenvalue weighted by Gasteiger charge is -2.24. The average molecular weight is 546 g/mol. The Labute approximate surface area is 221 Å². The van der Waals surface area contributed by atoms with Gasteiger partial charge in [0, 0.05) is 12.1 Å². The lowest BCUT2D eigenvalue weighted by atomic mass is 10.1. The maximum atomic E-state index is 13.2. The van der Waals surface area contributed by atoms with Crippen LogP contribution >= 0.6 is 23.2 Å². The van der Waals surface area contributed by atoms with Gasteiger partial charge in [-0.25, -0.2) is 14.4 Å². The number of amides is 1. The fraction of sp³-hybridized carbons (Fsp3) is 0.154. The summed E-state index contributed by atoms with van der Waals surface area (Å²) >= 11 is 12.1. The first-order valence-electron chi connectivity index (χ1n) is 10.8. The van der Waals surface area contributed by atoms with Gasteiger partial charge < -0.3 is 24.6 Å². The number of aliphatic carboxylic acids is 1. The summed E-state index contributed by atoms with van der Waals surface area (Å²) in [7, 11) is 1.45. The molecule has 0 spiro atoms. The van der Waals surface area contributed by atoms with Crippen molar-refractivity contribution in [3.8, 4) is 5.75 Å². The van der Waals surface area contributed by atoms with E-state index in [0.29, 0.717) is 11.3 Å². The molecule has 3 aromatic carbocycles. The number of carbonyl (C=O) groups excluding carboxylic acids is 3. The van der Waals surface area contributed by atoms with Crippen LogP contribution in [0.2, 0.25) is 10.0 Å². The minimum absolute atomic E-state index is 0.00174. The Balaban J connectivity index is 1.90. The van der Waals surface area contributed by atoms with E-state index in [1.165, 1.54) is 43.5 Å². The number of rotatable bonds is 10. The minimum Gasteiger partial charge on any atom is -0.496 e. The number of nitrogens with one attached hydrogen (secondary N) is 1. The minimum atomic E-state index is -2.21. The van der Waals surface area contributed by atoms with E-state index < -0.39 is 36.0 Å². The van der Waals surface area contributed by atoms with Crippen molar-refractivity contribution in [2.75, 3.05) is 7.11 Å². The average Bonchev–Trinajstić information content (AvgIpc) is 2.89. The van der Waals surface area contributed by atoms with Crippen LogP contribution in [0.1, 0.15) is 26.3 Å². The summed E-state index contributed by atoms with van der Waals surface area (Å²) in [6.45, 7) is -0.103. The first-order chi connectivity index (χ1) is 17.7. The van der Waals surface area contributed by atoms with Gasteiger partial charge in [-0.1, -0.05) is 65.7 Å². The molecule has 37 heavy (non-hydrogen) atoms. The third-order valence-corrected chi connectivity index (χ3v) is 5.74. The predicted molar refractivity (Wildman–Crippen MR) is 134 cm³/mol. The lowest BCUT2D eigenvalue weighted by molar-refractivity contribution is -0.159. The fourth-order valence-electron chi connectivity index (χ4n) is 3.24. The molecule has 0 saturated carbocycles. The molecule has 1 amide bonds. The van der Waals surface area contributed by atoms with Gasteiger partial charge in [0.25, 0.3) is 5.91 Å². The first kappa shape index (κ1) is 27.5. The molecule has 2 atom stereocenters. The number of ether oxygens (including phenoxy) is 3. The number of para-hydroxylation sites is 1. The second-order valence-corrected chi connectivity index (χ2v) is 8.29. The zero-order valence-electron chi connectivity index (χ0n) is 19.4. The van der Waals surface area contributed by atoms with E-state index in [-0.39, 0.29) is 27.7 Å². The summed E-state index contributed by atoms with van der Waals surface area (Å²) < 4.78 is 15.6. The van der Waals surface area contributed by atoms with Gasteiger partial charge in [-0.3, -0.25) is 4.79 Å². The number of carbonyl (C=O) groups is 4. The van der Waals surface area contributed by atoms with Gasteiger partial charge in [0.15, 0.2) is 0 Å². The molecular formula is C26H21Cl2NO8. The van der Waals surface area contributed by atoms with Crippen LogP contribution in [0.3, 0.4) is 0 Å². The Morgan fingerprint density at radius 2 is 1.27 bits per heavy atom. The second-order valence-electron chi connectivity index (χ2n) is 7.48. The summed E-state index contributed by atoms with van der Waals surface area (Å²) in [6, 6.07) is 18.4. The summed E-state index contributed by atoms with van der Waals surface area (Å²) in [5, 5.41) is 12.3. The van der Waals surface area contributed by atoms with E-state index in [2.05, 4.69) is 5.32 Å². The molecule has 0 aliphatic heterocycles. The second kappa shape index (κ2) is 12.8. The third kappa shape index (κ3) is 6.99. The van der Waals surface area contributed by atoms with Crippen LogP contribution in [0.4, 0.5) is 0 Å². The SMILES string of the molecule is COc1ccccc1CNC(=O)[C@@H](OC(=O)c1ccccc1Cl)[C@H](OC(=O)c1ccccc1Cl)C(=O)O. The first-order valence-corrected chi connectivity index (χ1v) is 11.5. The highest BCUT2D eigenvalue weighted by atomic mass is 35.5. The molecule has 0 fully saturated rings. The Morgan fingerprint density at radius 3 is 1.78 bits per heavy atom. The number of hydrogen-bond donors (Lipinski definition) is 2. The quantitative estimate of drug-likeness (QED) is 0.363. The summed E-state index contributed by atoms with van der Waals surface area (Å²) in [5.41, 5.74) is 0.309.